The smallest absolute Gasteiger partial charge is 0.319 e. The number of rotatable bonds is 2. The molecular formula is C14H11FN4O2. The fourth-order valence-corrected chi connectivity index (χ4v) is 1.95. The minimum atomic E-state index is -0.474. The van der Waals surface area contributed by atoms with Crippen LogP contribution in [0.1, 0.15) is 22.0 Å². The second-order valence-electron chi connectivity index (χ2n) is 4.57. The molecule has 0 atom stereocenters. The Balaban J connectivity index is 1.93. The molecule has 1 aromatic carbocycles. The summed E-state index contributed by atoms with van der Waals surface area (Å²) in [6.07, 6.45) is 0. The highest BCUT2D eigenvalue weighted by molar-refractivity contribution is 5.92. The maximum atomic E-state index is 12.9. The molecule has 6 nitrogen and oxygen atoms in total. The van der Waals surface area contributed by atoms with Crippen LogP contribution < -0.4 is 0 Å². The topological polar surface area (TPSA) is 73.8 Å². The van der Waals surface area contributed by atoms with E-state index in [-0.39, 0.29) is 17.5 Å². The predicted octanol–water partition coefficient (Wildman–Crippen LogP) is 2.38. The summed E-state index contributed by atoms with van der Waals surface area (Å²) in [5.74, 6) is -0.782. The highest BCUT2D eigenvalue weighted by atomic mass is 19.1. The number of carbonyl (C=O) groups is 1. The molecule has 0 unspecified atom stereocenters. The minimum Gasteiger partial charge on any atom is -0.333 e. The first-order valence-electron chi connectivity index (χ1n) is 6.22. The first-order valence-corrected chi connectivity index (χ1v) is 6.22. The number of aryl methyl sites for hydroxylation is 2. The van der Waals surface area contributed by atoms with Crippen molar-refractivity contribution in [2.24, 2.45) is 0 Å². The molecule has 0 spiro atoms. The third kappa shape index (κ3) is 2.45. The van der Waals surface area contributed by atoms with E-state index in [0.29, 0.717) is 11.3 Å². The van der Waals surface area contributed by atoms with Gasteiger partial charge in [0.2, 0.25) is 0 Å². The zero-order chi connectivity index (χ0) is 15.0. The Hall–Kier alpha value is -2.83. The highest BCUT2D eigenvalue weighted by Crippen LogP contribution is 2.17. The third-order valence-corrected chi connectivity index (χ3v) is 2.91. The van der Waals surface area contributed by atoms with E-state index in [1.807, 2.05) is 0 Å². The van der Waals surface area contributed by atoms with Gasteiger partial charge in [-0.1, -0.05) is 5.16 Å². The molecule has 0 aliphatic carbocycles. The van der Waals surface area contributed by atoms with E-state index in [1.165, 1.54) is 28.9 Å². The molecule has 0 fully saturated rings. The molecular weight excluding hydrogens is 275 g/mol. The Morgan fingerprint density at radius 1 is 1.24 bits per heavy atom. The van der Waals surface area contributed by atoms with Gasteiger partial charge in [-0.2, -0.15) is 14.8 Å². The van der Waals surface area contributed by atoms with E-state index in [0.717, 1.165) is 5.69 Å². The van der Waals surface area contributed by atoms with Gasteiger partial charge in [0.1, 0.15) is 5.82 Å². The Morgan fingerprint density at radius 3 is 2.57 bits per heavy atom. The molecule has 2 aromatic heterocycles. The van der Waals surface area contributed by atoms with Crippen molar-refractivity contribution in [3.8, 4) is 11.5 Å². The van der Waals surface area contributed by atoms with Gasteiger partial charge in [0.25, 0.3) is 11.7 Å². The Bertz CT molecular complexity index is 805. The largest absolute Gasteiger partial charge is 0.333 e. The van der Waals surface area contributed by atoms with E-state index in [2.05, 4.69) is 15.2 Å². The molecule has 0 aliphatic heterocycles. The molecule has 21 heavy (non-hydrogen) atoms. The number of carbonyl (C=O) groups excluding carboxylic acids is 1. The monoisotopic (exact) mass is 286 g/mol. The summed E-state index contributed by atoms with van der Waals surface area (Å²) in [5, 5.41) is 7.73. The number of benzene rings is 1. The SMILES string of the molecule is Cc1cc(C)n(C(=O)c2noc(-c3ccc(F)cc3)n2)n1. The second-order valence-corrected chi connectivity index (χ2v) is 4.57. The summed E-state index contributed by atoms with van der Waals surface area (Å²) >= 11 is 0. The van der Waals surface area contributed by atoms with Crippen LogP contribution in [-0.4, -0.2) is 25.8 Å². The molecule has 0 saturated carbocycles. The summed E-state index contributed by atoms with van der Waals surface area (Å²) in [6, 6.07) is 7.34. The first kappa shape index (κ1) is 13.2. The molecule has 0 aliphatic rings. The summed E-state index contributed by atoms with van der Waals surface area (Å²) in [5.41, 5.74) is 1.95. The quantitative estimate of drug-likeness (QED) is 0.723. The van der Waals surface area contributed by atoms with Crippen molar-refractivity contribution in [2.45, 2.75) is 13.8 Å². The fraction of sp³-hybridized carbons (Fsp3) is 0.143. The average Bonchev–Trinajstić information content (AvgIpc) is 3.06. The van der Waals surface area contributed by atoms with Gasteiger partial charge in [-0.05, 0) is 44.2 Å². The Kier molecular flexibility index (Phi) is 3.09. The lowest BCUT2D eigenvalue weighted by atomic mass is 10.2. The number of nitrogens with zero attached hydrogens (tertiary/aromatic N) is 4. The van der Waals surface area contributed by atoms with Gasteiger partial charge >= 0.3 is 5.91 Å². The molecule has 0 amide bonds. The third-order valence-electron chi connectivity index (χ3n) is 2.91. The van der Waals surface area contributed by atoms with Crippen LogP contribution >= 0.6 is 0 Å². The normalized spacial score (nSPS) is 10.8. The van der Waals surface area contributed by atoms with Gasteiger partial charge in [-0.25, -0.2) is 4.39 Å². The van der Waals surface area contributed by atoms with Gasteiger partial charge < -0.3 is 4.52 Å². The van der Waals surface area contributed by atoms with E-state index in [9.17, 15) is 9.18 Å². The van der Waals surface area contributed by atoms with Gasteiger partial charge in [0.15, 0.2) is 0 Å². The standard InChI is InChI=1S/C14H11FN4O2/c1-8-7-9(2)19(17-8)14(20)12-16-13(21-18-12)10-3-5-11(15)6-4-10/h3-7H,1-2H3. The van der Waals surface area contributed by atoms with Crippen LogP contribution in [0.3, 0.4) is 0 Å². The first-order chi connectivity index (χ1) is 10.0. The molecule has 0 N–H and O–H groups in total. The van der Waals surface area contributed by atoms with Crippen molar-refractivity contribution >= 4 is 5.91 Å². The lowest BCUT2D eigenvalue weighted by molar-refractivity contribution is 0.0929. The molecule has 3 rings (SSSR count). The summed E-state index contributed by atoms with van der Waals surface area (Å²) < 4.78 is 19.1. The van der Waals surface area contributed by atoms with Gasteiger partial charge in [0, 0.05) is 11.3 Å². The number of hydrogen-bond donors (Lipinski definition) is 0. The molecule has 2 heterocycles. The fourth-order valence-electron chi connectivity index (χ4n) is 1.95. The lowest BCUT2D eigenvalue weighted by Gasteiger charge is -1.97. The Labute approximate surface area is 119 Å². The molecule has 7 heteroatoms. The zero-order valence-electron chi connectivity index (χ0n) is 11.4. The second kappa shape index (κ2) is 4.93. The number of aromatic nitrogens is 4. The molecule has 0 radical (unpaired) electrons. The van der Waals surface area contributed by atoms with E-state index < -0.39 is 5.91 Å². The Morgan fingerprint density at radius 2 is 1.95 bits per heavy atom. The van der Waals surface area contributed by atoms with Crippen molar-refractivity contribution in [3.05, 3.63) is 53.4 Å². The van der Waals surface area contributed by atoms with Gasteiger partial charge in [-0.3, -0.25) is 4.79 Å². The van der Waals surface area contributed by atoms with Crippen molar-refractivity contribution in [1.29, 1.82) is 0 Å². The average molecular weight is 286 g/mol. The predicted molar refractivity (Wildman–Crippen MR) is 71.1 cm³/mol. The minimum absolute atomic E-state index is 0.0967. The van der Waals surface area contributed by atoms with Crippen LogP contribution in [-0.2, 0) is 0 Å². The van der Waals surface area contributed by atoms with Gasteiger partial charge in [0.05, 0.1) is 5.69 Å². The highest BCUT2D eigenvalue weighted by Gasteiger charge is 2.19. The van der Waals surface area contributed by atoms with E-state index in [4.69, 9.17) is 4.52 Å². The van der Waals surface area contributed by atoms with Crippen LogP contribution in [0.15, 0.2) is 34.9 Å². The summed E-state index contributed by atoms with van der Waals surface area (Å²) in [7, 11) is 0. The number of hydrogen-bond acceptors (Lipinski definition) is 5. The lowest BCUT2D eigenvalue weighted by Crippen LogP contribution is -2.16. The molecule has 0 saturated heterocycles. The van der Waals surface area contributed by atoms with Crippen LogP contribution in [0, 0.1) is 19.7 Å². The van der Waals surface area contributed by atoms with E-state index in [1.54, 1.807) is 19.9 Å². The van der Waals surface area contributed by atoms with Crippen molar-refractivity contribution in [3.63, 3.8) is 0 Å². The van der Waals surface area contributed by atoms with Gasteiger partial charge in [-0.15, -0.1) is 0 Å². The maximum Gasteiger partial charge on any atom is 0.319 e. The maximum absolute atomic E-state index is 12.9. The van der Waals surface area contributed by atoms with Crippen molar-refractivity contribution in [1.82, 2.24) is 19.9 Å². The van der Waals surface area contributed by atoms with Crippen molar-refractivity contribution < 1.29 is 13.7 Å². The summed E-state index contributed by atoms with van der Waals surface area (Å²) in [4.78, 5) is 16.3. The van der Waals surface area contributed by atoms with Crippen LogP contribution in [0.25, 0.3) is 11.5 Å². The zero-order valence-corrected chi connectivity index (χ0v) is 11.4. The van der Waals surface area contributed by atoms with E-state index >= 15 is 0 Å². The van der Waals surface area contributed by atoms with Crippen LogP contribution in [0.4, 0.5) is 4.39 Å². The molecule has 3 aromatic rings. The summed E-state index contributed by atoms with van der Waals surface area (Å²) in [6.45, 7) is 3.55. The van der Waals surface area contributed by atoms with Crippen LogP contribution in [0.2, 0.25) is 0 Å². The molecule has 106 valence electrons. The van der Waals surface area contributed by atoms with Crippen LogP contribution in [0.5, 0.6) is 0 Å². The molecule has 0 bridgehead atoms. The van der Waals surface area contributed by atoms with Crippen molar-refractivity contribution in [2.75, 3.05) is 0 Å². The number of halogens is 1.